The van der Waals surface area contributed by atoms with E-state index in [1.54, 1.807) is 0 Å². The average molecular weight is 278 g/mol. The first-order valence-corrected chi connectivity index (χ1v) is 6.73. The molecule has 0 aliphatic carbocycles. The Kier molecular flexibility index (Phi) is 4.61. The third kappa shape index (κ3) is 2.62. The van der Waals surface area contributed by atoms with Crippen LogP contribution in [0.2, 0.25) is 0 Å². The average Bonchev–Trinajstić information content (AvgIpc) is 2.69. The van der Waals surface area contributed by atoms with Gasteiger partial charge in [-0.2, -0.15) is 4.79 Å². The number of hydrogen-bond acceptors (Lipinski definition) is 2. The fraction of sp³-hybridized carbons (Fsp3) is 0.833. The Morgan fingerprint density at radius 1 is 1.44 bits per heavy atom. The fourth-order valence-electron chi connectivity index (χ4n) is 2.94. The molecule has 1 heterocycles. The highest BCUT2D eigenvalue weighted by Gasteiger charge is 2.56. The van der Waals surface area contributed by atoms with Crippen molar-refractivity contribution in [2.45, 2.75) is 45.2 Å². The Morgan fingerprint density at radius 3 is 2.50 bits per heavy atom. The van der Waals surface area contributed by atoms with Crippen LogP contribution in [0.1, 0.15) is 33.6 Å². The second kappa shape index (κ2) is 5.45. The predicted molar refractivity (Wildman–Crippen MR) is 69.7 cm³/mol. The Balaban J connectivity index is 2.89. The molecule has 104 valence electrons. The summed E-state index contributed by atoms with van der Waals surface area (Å²) in [6.45, 7) is 6.78. The van der Waals surface area contributed by atoms with Gasteiger partial charge in [-0.3, -0.25) is 4.79 Å². The quantitative estimate of drug-likeness (QED) is 0.611. The molecule has 6 heteroatoms. The lowest BCUT2D eigenvalue weighted by molar-refractivity contribution is -0.913. The van der Waals surface area contributed by atoms with Gasteiger partial charge in [0.1, 0.15) is 17.5 Å². The highest BCUT2D eigenvalue weighted by molar-refractivity contribution is 6.27. The molecule has 2 N–H and O–H groups in total. The van der Waals surface area contributed by atoms with Gasteiger partial charge in [-0.25, -0.2) is 4.48 Å². The zero-order valence-corrected chi connectivity index (χ0v) is 12.0. The summed E-state index contributed by atoms with van der Waals surface area (Å²) in [5.41, 5.74) is -0.390. The molecular weight excluding hydrogens is 256 g/mol. The van der Waals surface area contributed by atoms with Crippen LogP contribution < -0.4 is 5.32 Å². The van der Waals surface area contributed by atoms with Crippen molar-refractivity contribution >= 4 is 23.6 Å². The number of quaternary nitrogens is 1. The van der Waals surface area contributed by atoms with E-state index in [1.165, 1.54) is 0 Å². The summed E-state index contributed by atoms with van der Waals surface area (Å²) in [4.78, 5) is 22.9. The SMILES string of the molecule is CC(C)(C)[N+]1(C(=O)O)CCC[C@@H]1CNC(=O)CCl. The molecule has 0 aromatic rings. The molecule has 1 fully saturated rings. The van der Waals surface area contributed by atoms with Crippen molar-refractivity contribution in [1.29, 1.82) is 0 Å². The van der Waals surface area contributed by atoms with Crippen molar-refractivity contribution in [2.75, 3.05) is 19.0 Å². The van der Waals surface area contributed by atoms with Gasteiger partial charge in [-0.1, -0.05) is 0 Å². The minimum atomic E-state index is -0.815. The summed E-state index contributed by atoms with van der Waals surface area (Å²) in [5.74, 6) is -0.337. The van der Waals surface area contributed by atoms with Crippen LogP contribution in [0.5, 0.6) is 0 Å². The van der Waals surface area contributed by atoms with E-state index in [1.807, 2.05) is 20.8 Å². The Labute approximate surface area is 113 Å². The molecule has 1 aliphatic heterocycles. The molecule has 0 bridgehead atoms. The lowest BCUT2D eigenvalue weighted by Crippen LogP contribution is -2.67. The van der Waals surface area contributed by atoms with Crippen LogP contribution in [0, 0.1) is 0 Å². The van der Waals surface area contributed by atoms with E-state index in [4.69, 9.17) is 11.6 Å². The van der Waals surface area contributed by atoms with E-state index in [-0.39, 0.29) is 22.3 Å². The third-order valence-electron chi connectivity index (χ3n) is 3.87. The number of hydrogen-bond donors (Lipinski definition) is 2. The van der Waals surface area contributed by atoms with Crippen LogP contribution in [0.4, 0.5) is 4.79 Å². The second-order valence-electron chi connectivity index (χ2n) is 5.78. The second-order valence-corrected chi connectivity index (χ2v) is 6.05. The van der Waals surface area contributed by atoms with E-state index in [0.717, 1.165) is 12.8 Å². The molecule has 2 atom stereocenters. The topological polar surface area (TPSA) is 66.4 Å². The third-order valence-corrected chi connectivity index (χ3v) is 4.11. The first-order valence-electron chi connectivity index (χ1n) is 6.19. The van der Waals surface area contributed by atoms with Gasteiger partial charge in [-0.15, -0.1) is 11.6 Å². The Hall–Kier alpha value is -0.810. The number of carbonyl (C=O) groups excluding carboxylic acids is 1. The van der Waals surface area contributed by atoms with Crippen LogP contribution in [-0.4, -0.2) is 52.1 Å². The summed E-state index contributed by atoms with van der Waals surface area (Å²) in [6.07, 6.45) is 0.863. The first kappa shape index (κ1) is 15.2. The smallest absolute Gasteiger partial charge is 0.435 e. The van der Waals surface area contributed by atoms with Crippen molar-refractivity contribution in [3.05, 3.63) is 0 Å². The number of alkyl halides is 1. The van der Waals surface area contributed by atoms with Gasteiger partial charge in [0.2, 0.25) is 5.91 Å². The highest BCUT2D eigenvalue weighted by Crippen LogP contribution is 2.36. The van der Waals surface area contributed by atoms with E-state index in [2.05, 4.69) is 5.32 Å². The number of nitrogens with one attached hydrogen (secondary N) is 1. The number of amides is 2. The van der Waals surface area contributed by atoms with E-state index < -0.39 is 11.6 Å². The van der Waals surface area contributed by atoms with Crippen molar-refractivity contribution in [3.8, 4) is 0 Å². The molecule has 5 nitrogen and oxygen atoms in total. The van der Waals surface area contributed by atoms with Crippen LogP contribution in [-0.2, 0) is 4.79 Å². The summed E-state index contributed by atoms with van der Waals surface area (Å²) < 4.78 is 0.00949. The maximum atomic E-state index is 11.7. The molecule has 2 amide bonds. The summed E-state index contributed by atoms with van der Waals surface area (Å²) >= 11 is 5.43. The fourth-order valence-corrected chi connectivity index (χ4v) is 3.03. The lowest BCUT2D eigenvalue weighted by atomic mass is 9.99. The predicted octanol–water partition coefficient (Wildman–Crippen LogP) is 1.80. The van der Waals surface area contributed by atoms with Crippen LogP contribution in [0.15, 0.2) is 0 Å². The Morgan fingerprint density at radius 2 is 2.06 bits per heavy atom. The molecule has 1 rings (SSSR count). The molecular formula is C12H22ClN2O3+. The molecule has 0 saturated carbocycles. The van der Waals surface area contributed by atoms with Crippen molar-refractivity contribution in [3.63, 3.8) is 0 Å². The van der Waals surface area contributed by atoms with Gasteiger partial charge in [0.05, 0.1) is 13.1 Å². The normalized spacial score (nSPS) is 28.1. The van der Waals surface area contributed by atoms with E-state index in [9.17, 15) is 14.7 Å². The maximum absolute atomic E-state index is 11.7. The zero-order valence-electron chi connectivity index (χ0n) is 11.2. The molecule has 0 radical (unpaired) electrons. The standard InChI is InChI=1S/C12H21ClN2O3/c1-12(2,3)15(11(17)18)6-4-5-9(15)8-14-10(16)7-13/h9H,4-8H2,1-3H3,(H-,14,16,17,18)/p+1/t9-,15?/m1/s1. The van der Waals surface area contributed by atoms with E-state index >= 15 is 0 Å². The molecule has 1 saturated heterocycles. The minimum Gasteiger partial charge on any atom is -0.435 e. The van der Waals surface area contributed by atoms with Gasteiger partial charge >= 0.3 is 6.09 Å². The molecule has 1 aliphatic rings. The highest BCUT2D eigenvalue weighted by atomic mass is 35.5. The van der Waals surface area contributed by atoms with Crippen molar-refractivity contribution in [1.82, 2.24) is 5.32 Å². The zero-order chi connectivity index (χ0) is 14.0. The number of carbonyl (C=O) groups is 2. The number of rotatable bonds is 3. The molecule has 0 aromatic heterocycles. The summed E-state index contributed by atoms with van der Waals surface area (Å²) in [5, 5.41) is 12.3. The van der Waals surface area contributed by atoms with Gasteiger partial charge < -0.3 is 10.4 Å². The summed E-state index contributed by atoms with van der Waals surface area (Å²) in [6, 6.07) is -0.0883. The summed E-state index contributed by atoms with van der Waals surface area (Å²) in [7, 11) is 0. The van der Waals surface area contributed by atoms with Gasteiger partial charge in [0.25, 0.3) is 0 Å². The number of nitrogens with zero attached hydrogens (tertiary/aromatic N) is 1. The van der Waals surface area contributed by atoms with Crippen LogP contribution in [0.25, 0.3) is 0 Å². The first-order chi connectivity index (χ1) is 8.25. The molecule has 0 aromatic carbocycles. The molecule has 0 spiro atoms. The number of halogens is 1. The minimum absolute atomic E-state index is 0.00949. The number of carboxylic acid groups (broad SMARTS) is 1. The molecule has 1 unspecified atom stereocenters. The Bertz CT molecular complexity index is 341. The van der Waals surface area contributed by atoms with Crippen LogP contribution in [0.3, 0.4) is 0 Å². The van der Waals surface area contributed by atoms with Crippen molar-refractivity contribution in [2.24, 2.45) is 0 Å². The molecule has 18 heavy (non-hydrogen) atoms. The van der Waals surface area contributed by atoms with Crippen LogP contribution >= 0.6 is 11.6 Å². The largest absolute Gasteiger partial charge is 0.514 e. The van der Waals surface area contributed by atoms with Gasteiger partial charge in [-0.05, 0) is 20.8 Å². The van der Waals surface area contributed by atoms with Gasteiger partial charge in [0, 0.05) is 12.8 Å². The van der Waals surface area contributed by atoms with Crippen molar-refractivity contribution < 1.29 is 19.2 Å². The van der Waals surface area contributed by atoms with E-state index in [0.29, 0.717) is 13.1 Å². The maximum Gasteiger partial charge on any atom is 0.514 e. The monoisotopic (exact) mass is 277 g/mol. The number of likely N-dealkylation sites (tertiary alicyclic amines) is 1. The van der Waals surface area contributed by atoms with Gasteiger partial charge in [0.15, 0.2) is 0 Å². The lowest BCUT2D eigenvalue weighted by Gasteiger charge is -2.44.